The highest BCUT2D eigenvalue weighted by Crippen LogP contribution is 2.19. The van der Waals surface area contributed by atoms with Gasteiger partial charge in [0.2, 0.25) is 0 Å². The molecular formula is C72H134O6. The first-order valence-electron chi connectivity index (χ1n) is 35.0. The molecule has 0 saturated carbocycles. The second-order valence-electron chi connectivity index (χ2n) is 23.8. The summed E-state index contributed by atoms with van der Waals surface area (Å²) >= 11 is 0. The van der Waals surface area contributed by atoms with Crippen molar-refractivity contribution in [1.82, 2.24) is 0 Å². The fraction of sp³-hybridized carbons (Fsp3) is 0.875. The molecule has 1 atom stereocenters. The van der Waals surface area contributed by atoms with Gasteiger partial charge in [-0.25, -0.2) is 0 Å². The zero-order valence-electron chi connectivity index (χ0n) is 52.7. The monoisotopic (exact) mass is 1100 g/mol. The highest BCUT2D eigenvalue weighted by molar-refractivity contribution is 5.71. The normalized spacial score (nSPS) is 12.2. The molecule has 0 N–H and O–H groups in total. The second-order valence-corrected chi connectivity index (χ2v) is 23.8. The van der Waals surface area contributed by atoms with Gasteiger partial charge < -0.3 is 14.2 Å². The lowest BCUT2D eigenvalue weighted by atomic mass is 10.0. The van der Waals surface area contributed by atoms with E-state index in [9.17, 15) is 14.4 Å². The van der Waals surface area contributed by atoms with Gasteiger partial charge in [-0.05, 0) is 57.8 Å². The maximum atomic E-state index is 12.9. The molecule has 0 bridgehead atoms. The Kier molecular flexibility index (Phi) is 65.1. The SMILES string of the molecule is CCCCC/C=C\C/C=C\C/C=C\CCCCCCCCC(=O)OC(COC(=O)CCCCCCCCCCCC)COC(=O)CCCCCCCCCCCCCCCCCCCCCCCCCCCCCCCCC. The summed E-state index contributed by atoms with van der Waals surface area (Å²) in [6.45, 7) is 6.65. The van der Waals surface area contributed by atoms with E-state index in [2.05, 4.69) is 57.2 Å². The summed E-state index contributed by atoms with van der Waals surface area (Å²) in [5, 5.41) is 0. The van der Waals surface area contributed by atoms with Crippen molar-refractivity contribution in [2.24, 2.45) is 0 Å². The van der Waals surface area contributed by atoms with Crippen molar-refractivity contribution < 1.29 is 28.6 Å². The van der Waals surface area contributed by atoms with Gasteiger partial charge in [0, 0.05) is 19.3 Å². The summed E-state index contributed by atoms with van der Waals surface area (Å²) in [6.07, 6.45) is 83.4. The Hall–Kier alpha value is -2.37. The Morgan fingerprint density at radius 1 is 0.256 bits per heavy atom. The van der Waals surface area contributed by atoms with Crippen molar-refractivity contribution in [3.8, 4) is 0 Å². The Morgan fingerprint density at radius 2 is 0.462 bits per heavy atom. The maximum Gasteiger partial charge on any atom is 0.306 e. The van der Waals surface area contributed by atoms with Gasteiger partial charge in [-0.15, -0.1) is 0 Å². The molecular weight excluding hydrogens is 961 g/mol. The largest absolute Gasteiger partial charge is 0.462 e. The lowest BCUT2D eigenvalue weighted by Gasteiger charge is -2.18. The standard InChI is InChI=1S/C72H134O6/c1-4-7-10-13-16-19-22-24-26-28-30-31-32-33-34-35-36-37-38-39-40-41-43-44-46-48-50-53-56-59-62-65-71(74)77-68-69(67-76-70(73)64-61-58-55-52-21-18-15-12-9-6-3)78-72(75)66-63-60-57-54-51-49-47-45-42-29-27-25-23-20-17-14-11-8-5-2/h17,20,25,27,42,45,69H,4-16,18-19,21-24,26,28-41,43-44,46-68H2,1-3H3/b20-17-,27-25-,45-42-. The fourth-order valence-electron chi connectivity index (χ4n) is 10.6. The van der Waals surface area contributed by atoms with E-state index >= 15 is 0 Å². The number of carbonyl (C=O) groups excluding carboxylic acids is 3. The zero-order valence-corrected chi connectivity index (χ0v) is 52.7. The first-order chi connectivity index (χ1) is 38.5. The van der Waals surface area contributed by atoms with Crippen molar-refractivity contribution in [2.75, 3.05) is 13.2 Å². The average molecular weight is 1100 g/mol. The van der Waals surface area contributed by atoms with Gasteiger partial charge in [-0.1, -0.05) is 346 Å². The first-order valence-corrected chi connectivity index (χ1v) is 35.0. The highest BCUT2D eigenvalue weighted by Gasteiger charge is 2.19. The molecule has 0 spiro atoms. The number of hydrogen-bond donors (Lipinski definition) is 0. The second kappa shape index (κ2) is 67.1. The molecule has 0 aliphatic heterocycles. The average Bonchev–Trinajstić information content (AvgIpc) is 3.44. The molecule has 0 aliphatic carbocycles. The molecule has 0 radical (unpaired) electrons. The maximum absolute atomic E-state index is 12.9. The Balaban J connectivity index is 4.09. The van der Waals surface area contributed by atoms with Crippen LogP contribution in [-0.4, -0.2) is 37.2 Å². The molecule has 6 heteroatoms. The minimum absolute atomic E-state index is 0.0724. The molecule has 0 rings (SSSR count). The summed E-state index contributed by atoms with van der Waals surface area (Å²) in [6, 6.07) is 0. The van der Waals surface area contributed by atoms with Crippen LogP contribution in [0.25, 0.3) is 0 Å². The van der Waals surface area contributed by atoms with E-state index in [-0.39, 0.29) is 31.1 Å². The van der Waals surface area contributed by atoms with Crippen LogP contribution in [0.3, 0.4) is 0 Å². The number of ether oxygens (including phenoxy) is 3. The topological polar surface area (TPSA) is 78.9 Å². The van der Waals surface area contributed by atoms with Crippen molar-refractivity contribution in [1.29, 1.82) is 0 Å². The predicted octanol–water partition coefficient (Wildman–Crippen LogP) is 23.9. The van der Waals surface area contributed by atoms with Crippen molar-refractivity contribution in [3.05, 3.63) is 36.5 Å². The van der Waals surface area contributed by atoms with Crippen LogP contribution in [0.15, 0.2) is 36.5 Å². The summed E-state index contributed by atoms with van der Waals surface area (Å²) in [5.41, 5.74) is 0. The molecule has 0 aromatic heterocycles. The third kappa shape index (κ3) is 64.5. The van der Waals surface area contributed by atoms with Crippen LogP contribution in [0.1, 0.15) is 387 Å². The molecule has 78 heavy (non-hydrogen) atoms. The molecule has 458 valence electrons. The third-order valence-electron chi connectivity index (χ3n) is 15.9. The summed E-state index contributed by atoms with van der Waals surface area (Å²) in [7, 11) is 0. The van der Waals surface area contributed by atoms with E-state index in [0.717, 1.165) is 77.0 Å². The van der Waals surface area contributed by atoms with E-state index in [1.54, 1.807) is 0 Å². The van der Waals surface area contributed by atoms with Crippen LogP contribution in [0.5, 0.6) is 0 Å². The van der Waals surface area contributed by atoms with Crippen molar-refractivity contribution >= 4 is 17.9 Å². The van der Waals surface area contributed by atoms with E-state index in [1.807, 2.05) is 0 Å². The van der Waals surface area contributed by atoms with Crippen LogP contribution in [0.2, 0.25) is 0 Å². The Bertz CT molecular complexity index is 1300. The van der Waals surface area contributed by atoms with Crippen molar-refractivity contribution in [3.63, 3.8) is 0 Å². The molecule has 1 unspecified atom stereocenters. The lowest BCUT2D eigenvalue weighted by molar-refractivity contribution is -0.167. The van der Waals surface area contributed by atoms with Gasteiger partial charge in [-0.3, -0.25) is 14.4 Å². The Morgan fingerprint density at radius 3 is 0.744 bits per heavy atom. The van der Waals surface area contributed by atoms with Crippen LogP contribution >= 0.6 is 0 Å². The third-order valence-corrected chi connectivity index (χ3v) is 15.9. The molecule has 0 fully saturated rings. The van der Waals surface area contributed by atoms with Gasteiger partial charge in [0.1, 0.15) is 13.2 Å². The number of rotatable bonds is 65. The molecule has 0 heterocycles. The molecule has 0 saturated heterocycles. The van der Waals surface area contributed by atoms with E-state index in [4.69, 9.17) is 14.2 Å². The summed E-state index contributed by atoms with van der Waals surface area (Å²) in [4.78, 5) is 38.3. The van der Waals surface area contributed by atoms with Gasteiger partial charge in [-0.2, -0.15) is 0 Å². The zero-order chi connectivity index (χ0) is 56.4. The van der Waals surface area contributed by atoms with Crippen LogP contribution < -0.4 is 0 Å². The van der Waals surface area contributed by atoms with E-state index in [0.29, 0.717) is 19.3 Å². The van der Waals surface area contributed by atoms with Crippen LogP contribution in [-0.2, 0) is 28.6 Å². The number of unbranched alkanes of at least 4 members (excludes halogenated alkanes) is 48. The van der Waals surface area contributed by atoms with Gasteiger partial charge in [0.15, 0.2) is 6.10 Å². The van der Waals surface area contributed by atoms with Gasteiger partial charge >= 0.3 is 17.9 Å². The number of hydrogen-bond acceptors (Lipinski definition) is 6. The first kappa shape index (κ1) is 75.6. The summed E-state index contributed by atoms with van der Waals surface area (Å²) < 4.78 is 16.9. The minimum Gasteiger partial charge on any atom is -0.462 e. The predicted molar refractivity (Wildman–Crippen MR) is 339 cm³/mol. The van der Waals surface area contributed by atoms with Crippen LogP contribution in [0, 0.1) is 0 Å². The van der Waals surface area contributed by atoms with E-state index in [1.165, 1.54) is 270 Å². The molecule has 0 aromatic carbocycles. The van der Waals surface area contributed by atoms with Gasteiger partial charge in [0.25, 0.3) is 0 Å². The Labute approximate surface area is 486 Å². The molecule has 0 aromatic rings. The fourth-order valence-corrected chi connectivity index (χ4v) is 10.6. The van der Waals surface area contributed by atoms with Crippen LogP contribution in [0.4, 0.5) is 0 Å². The highest BCUT2D eigenvalue weighted by atomic mass is 16.6. The minimum atomic E-state index is -0.776. The molecule has 0 amide bonds. The number of allylic oxidation sites excluding steroid dienone is 6. The quantitative estimate of drug-likeness (QED) is 0.0261. The number of esters is 3. The number of carbonyl (C=O) groups is 3. The van der Waals surface area contributed by atoms with Crippen molar-refractivity contribution in [2.45, 2.75) is 393 Å². The smallest absolute Gasteiger partial charge is 0.306 e. The van der Waals surface area contributed by atoms with Gasteiger partial charge in [0.05, 0.1) is 0 Å². The summed E-state index contributed by atoms with van der Waals surface area (Å²) in [5.74, 6) is -0.862. The lowest BCUT2D eigenvalue weighted by Crippen LogP contribution is -2.30. The molecule has 6 nitrogen and oxygen atoms in total. The molecule has 0 aliphatic rings. The van der Waals surface area contributed by atoms with E-state index < -0.39 is 6.10 Å².